The number of likely N-dealkylation sites (tertiary alicyclic amines) is 1. The molecule has 26 heavy (non-hydrogen) atoms. The minimum Gasteiger partial charge on any atom is -0.379 e. The highest BCUT2D eigenvalue weighted by molar-refractivity contribution is 5.80. The van der Waals surface area contributed by atoms with E-state index in [1.165, 1.54) is 0 Å². The average Bonchev–Trinajstić information content (AvgIpc) is 2.61. The fourth-order valence-corrected chi connectivity index (χ4v) is 3.69. The van der Waals surface area contributed by atoms with Crippen LogP contribution in [-0.2, 0) is 9.53 Å². The molecular weight excluding hydrogens is 332 g/mol. The van der Waals surface area contributed by atoms with Crippen molar-refractivity contribution in [1.29, 1.82) is 0 Å². The molecule has 2 aliphatic rings. The van der Waals surface area contributed by atoms with E-state index < -0.39 is 0 Å². The monoisotopic (exact) mass is 368 g/mol. The zero-order chi connectivity index (χ0) is 18.9. The van der Waals surface area contributed by atoms with Crippen LogP contribution in [0.2, 0.25) is 0 Å². The second kappa shape index (κ2) is 10.7. The third-order valence-corrected chi connectivity index (χ3v) is 5.15. The molecule has 0 radical (unpaired) electrons. The van der Waals surface area contributed by atoms with Crippen molar-refractivity contribution in [3.63, 3.8) is 0 Å². The first-order chi connectivity index (χ1) is 12.5. The molecule has 8 heteroatoms. The van der Waals surface area contributed by atoms with Crippen LogP contribution in [0.1, 0.15) is 33.6 Å². The number of primary amides is 1. The first-order valence-corrected chi connectivity index (χ1v) is 9.88. The Kier molecular flexibility index (Phi) is 8.61. The minimum atomic E-state index is -0.252. The number of rotatable bonds is 7. The van der Waals surface area contributed by atoms with Gasteiger partial charge in [-0.3, -0.25) is 19.6 Å². The van der Waals surface area contributed by atoms with Gasteiger partial charge in [-0.1, -0.05) is 0 Å². The fraction of sp³-hybridized carbons (Fsp3) is 0.889. The molecule has 150 valence electrons. The van der Waals surface area contributed by atoms with Crippen LogP contribution in [0.3, 0.4) is 0 Å². The van der Waals surface area contributed by atoms with Gasteiger partial charge >= 0.3 is 0 Å². The maximum atomic E-state index is 11.0. The van der Waals surface area contributed by atoms with Gasteiger partial charge in [-0.2, -0.15) is 0 Å². The highest BCUT2D eigenvalue weighted by atomic mass is 16.5. The van der Waals surface area contributed by atoms with Gasteiger partial charge in [0.05, 0.1) is 26.3 Å². The lowest BCUT2D eigenvalue weighted by Gasteiger charge is -2.37. The molecule has 2 unspecified atom stereocenters. The lowest BCUT2D eigenvalue weighted by Crippen LogP contribution is -2.51. The van der Waals surface area contributed by atoms with Crippen LogP contribution in [0, 0.1) is 0 Å². The molecule has 2 heterocycles. The molecule has 0 spiro atoms. The molecule has 4 N–H and O–H groups in total. The Bertz CT molecular complexity index is 465. The van der Waals surface area contributed by atoms with Crippen LogP contribution < -0.4 is 16.4 Å². The SMILES string of the molecule is CCNC(=NCC(C)N1CCOCC1C)NC1CCN(CC(N)=O)CC1. The molecule has 0 bridgehead atoms. The van der Waals surface area contributed by atoms with Crippen LogP contribution in [0.15, 0.2) is 4.99 Å². The van der Waals surface area contributed by atoms with Crippen molar-refractivity contribution in [3.05, 3.63) is 0 Å². The third kappa shape index (κ3) is 6.74. The highest BCUT2D eigenvalue weighted by Gasteiger charge is 2.24. The summed E-state index contributed by atoms with van der Waals surface area (Å²) in [4.78, 5) is 20.4. The van der Waals surface area contributed by atoms with E-state index in [4.69, 9.17) is 15.5 Å². The number of morpholine rings is 1. The van der Waals surface area contributed by atoms with Crippen LogP contribution in [0.4, 0.5) is 0 Å². The van der Waals surface area contributed by atoms with E-state index in [0.29, 0.717) is 24.7 Å². The Morgan fingerprint density at radius 1 is 1.35 bits per heavy atom. The summed E-state index contributed by atoms with van der Waals surface area (Å²) in [6.45, 7) is 12.9. The molecule has 2 saturated heterocycles. The van der Waals surface area contributed by atoms with Crippen molar-refractivity contribution in [2.24, 2.45) is 10.7 Å². The zero-order valence-electron chi connectivity index (χ0n) is 16.5. The maximum absolute atomic E-state index is 11.0. The predicted molar refractivity (Wildman–Crippen MR) is 104 cm³/mol. The number of carbonyl (C=O) groups is 1. The average molecular weight is 369 g/mol. The minimum absolute atomic E-state index is 0.252. The first kappa shape index (κ1) is 20.9. The van der Waals surface area contributed by atoms with E-state index in [1.807, 2.05) is 0 Å². The summed E-state index contributed by atoms with van der Waals surface area (Å²) < 4.78 is 5.52. The van der Waals surface area contributed by atoms with E-state index in [1.54, 1.807) is 0 Å². The van der Waals surface area contributed by atoms with Gasteiger partial charge < -0.3 is 21.1 Å². The van der Waals surface area contributed by atoms with Gasteiger partial charge in [0.25, 0.3) is 0 Å². The Hall–Kier alpha value is -1.38. The Balaban J connectivity index is 1.82. The summed E-state index contributed by atoms with van der Waals surface area (Å²) in [6, 6.07) is 1.22. The normalized spacial score (nSPS) is 25.0. The summed E-state index contributed by atoms with van der Waals surface area (Å²) in [5, 5.41) is 6.90. The van der Waals surface area contributed by atoms with Crippen LogP contribution >= 0.6 is 0 Å². The maximum Gasteiger partial charge on any atom is 0.231 e. The quantitative estimate of drug-likeness (QED) is 0.418. The van der Waals surface area contributed by atoms with Crippen molar-refractivity contribution in [2.75, 3.05) is 52.5 Å². The molecule has 0 aromatic heterocycles. The van der Waals surface area contributed by atoms with E-state index in [0.717, 1.165) is 64.7 Å². The molecule has 2 fully saturated rings. The van der Waals surface area contributed by atoms with Gasteiger partial charge in [0.1, 0.15) is 0 Å². The molecule has 2 rings (SSSR count). The first-order valence-electron chi connectivity index (χ1n) is 9.88. The molecule has 0 aliphatic carbocycles. The Morgan fingerprint density at radius 3 is 2.69 bits per heavy atom. The van der Waals surface area contributed by atoms with Crippen molar-refractivity contribution < 1.29 is 9.53 Å². The van der Waals surface area contributed by atoms with E-state index in [9.17, 15) is 4.79 Å². The molecule has 8 nitrogen and oxygen atoms in total. The number of nitrogens with one attached hydrogen (secondary N) is 2. The second-order valence-electron chi connectivity index (χ2n) is 7.39. The number of carbonyl (C=O) groups excluding carboxylic acids is 1. The number of ether oxygens (including phenoxy) is 1. The van der Waals surface area contributed by atoms with Gasteiger partial charge in [-0.15, -0.1) is 0 Å². The van der Waals surface area contributed by atoms with Gasteiger partial charge in [0.15, 0.2) is 5.96 Å². The predicted octanol–water partition coefficient (Wildman–Crippen LogP) is -0.400. The summed E-state index contributed by atoms with van der Waals surface area (Å²) in [6.07, 6.45) is 1.99. The number of piperidine rings is 1. The molecule has 0 aromatic carbocycles. The van der Waals surface area contributed by atoms with Crippen LogP contribution in [0.25, 0.3) is 0 Å². The molecule has 0 saturated carbocycles. The molecular formula is C18H36N6O2. The zero-order valence-corrected chi connectivity index (χ0v) is 16.5. The smallest absolute Gasteiger partial charge is 0.231 e. The van der Waals surface area contributed by atoms with Crippen molar-refractivity contribution >= 4 is 11.9 Å². The third-order valence-electron chi connectivity index (χ3n) is 5.15. The lowest BCUT2D eigenvalue weighted by atomic mass is 10.1. The second-order valence-corrected chi connectivity index (χ2v) is 7.39. The van der Waals surface area contributed by atoms with Gasteiger partial charge in [-0.25, -0.2) is 0 Å². The number of hydrogen-bond donors (Lipinski definition) is 3. The van der Waals surface area contributed by atoms with E-state index >= 15 is 0 Å². The summed E-state index contributed by atoms with van der Waals surface area (Å²) in [5.74, 6) is 0.631. The van der Waals surface area contributed by atoms with Crippen molar-refractivity contribution in [1.82, 2.24) is 20.4 Å². The number of aliphatic imine (C=N–C) groups is 1. The molecule has 1 amide bonds. The number of nitrogens with zero attached hydrogens (tertiary/aromatic N) is 3. The molecule has 2 atom stereocenters. The topological polar surface area (TPSA) is 95.2 Å². The molecule has 2 aliphatic heterocycles. The van der Waals surface area contributed by atoms with Crippen LogP contribution in [0.5, 0.6) is 0 Å². The standard InChI is InChI=1S/C18H36N6O2/c1-4-20-18(21-11-14(2)24-9-10-26-13-15(24)3)22-16-5-7-23(8-6-16)12-17(19)25/h14-16H,4-13H2,1-3H3,(H2,19,25)(H2,20,21,22). The van der Waals surface area contributed by atoms with E-state index in [-0.39, 0.29) is 5.91 Å². The largest absolute Gasteiger partial charge is 0.379 e. The number of amides is 1. The Morgan fingerprint density at radius 2 is 2.08 bits per heavy atom. The number of nitrogens with two attached hydrogens (primary N) is 1. The van der Waals surface area contributed by atoms with Gasteiger partial charge in [0, 0.05) is 44.3 Å². The fourth-order valence-electron chi connectivity index (χ4n) is 3.69. The highest BCUT2D eigenvalue weighted by Crippen LogP contribution is 2.12. The summed E-state index contributed by atoms with van der Waals surface area (Å²) in [5.41, 5.74) is 5.28. The number of guanidine groups is 1. The summed E-state index contributed by atoms with van der Waals surface area (Å²) >= 11 is 0. The van der Waals surface area contributed by atoms with Crippen molar-refractivity contribution in [2.45, 2.75) is 51.7 Å². The summed E-state index contributed by atoms with van der Waals surface area (Å²) in [7, 11) is 0. The molecule has 0 aromatic rings. The number of hydrogen-bond acceptors (Lipinski definition) is 5. The Labute approximate surface area is 157 Å². The van der Waals surface area contributed by atoms with Crippen molar-refractivity contribution in [3.8, 4) is 0 Å². The van der Waals surface area contributed by atoms with Gasteiger partial charge in [0.2, 0.25) is 5.91 Å². The lowest BCUT2D eigenvalue weighted by molar-refractivity contribution is -0.119. The van der Waals surface area contributed by atoms with Crippen LogP contribution in [-0.4, -0.2) is 92.3 Å². The van der Waals surface area contributed by atoms with E-state index in [2.05, 4.69) is 41.2 Å². The van der Waals surface area contributed by atoms with Gasteiger partial charge in [-0.05, 0) is 33.6 Å².